The number of aliphatic hydroxyl groups is 1. The van der Waals surface area contributed by atoms with E-state index in [-0.39, 0.29) is 17.0 Å². The second-order valence-corrected chi connectivity index (χ2v) is 9.59. The van der Waals surface area contributed by atoms with Gasteiger partial charge in [-0.3, -0.25) is 14.5 Å². The maximum atomic E-state index is 13.5. The number of amides is 1. The molecule has 2 aromatic rings. The minimum Gasteiger partial charge on any atom is -0.507 e. The van der Waals surface area contributed by atoms with Crippen molar-refractivity contribution in [3.63, 3.8) is 0 Å². The number of benzene rings is 1. The van der Waals surface area contributed by atoms with Crippen molar-refractivity contribution in [3.8, 4) is 5.75 Å². The van der Waals surface area contributed by atoms with Crippen molar-refractivity contribution < 1.29 is 33.7 Å². The number of H-pyrrole nitrogens is 1. The first-order valence-corrected chi connectivity index (χ1v) is 13.0. The summed E-state index contributed by atoms with van der Waals surface area (Å²) in [7, 11) is 1.27. The van der Waals surface area contributed by atoms with Crippen molar-refractivity contribution in [2.45, 2.75) is 26.3 Å². The number of rotatable bonds is 10. The summed E-state index contributed by atoms with van der Waals surface area (Å²) >= 11 is 0. The summed E-state index contributed by atoms with van der Waals surface area (Å²) < 4.78 is 16.0. The first-order chi connectivity index (χ1) is 18.8. The third-order valence-electron chi connectivity index (χ3n) is 7.12. The molecule has 1 amide bonds. The van der Waals surface area contributed by atoms with E-state index >= 15 is 0 Å². The number of aliphatic hydroxyl groups excluding tert-OH is 1. The van der Waals surface area contributed by atoms with Crippen molar-refractivity contribution in [3.05, 3.63) is 70.6 Å². The van der Waals surface area contributed by atoms with Gasteiger partial charge >= 0.3 is 5.97 Å². The van der Waals surface area contributed by atoms with Gasteiger partial charge in [0.05, 0.1) is 31.9 Å². The van der Waals surface area contributed by atoms with Crippen molar-refractivity contribution in [2.75, 3.05) is 53.1 Å². The predicted octanol–water partition coefficient (Wildman–Crippen LogP) is 3.13. The van der Waals surface area contributed by atoms with Gasteiger partial charge in [0.15, 0.2) is 0 Å². The molecular formula is C29H35N3O7. The standard InChI is InChI=1S/C29H35N3O7/c1-5-14-39-21-9-6-8-20(17-21)25-23(26(33)22-18(2)24(29(36)37-4)30-19(22)3)27(34)28(35)32(25)11-7-10-31-12-15-38-16-13-31/h5-6,8-9,17,25,30,33H,1,7,10-16H2,2-4H3. The van der Waals surface area contributed by atoms with Gasteiger partial charge in [-0.1, -0.05) is 24.8 Å². The Hall–Kier alpha value is -3.89. The second-order valence-electron chi connectivity index (χ2n) is 9.59. The molecule has 39 heavy (non-hydrogen) atoms. The lowest BCUT2D eigenvalue weighted by Crippen LogP contribution is -2.38. The minimum atomic E-state index is -0.836. The van der Waals surface area contributed by atoms with Gasteiger partial charge in [0.25, 0.3) is 11.7 Å². The fourth-order valence-electron chi connectivity index (χ4n) is 5.22. The van der Waals surface area contributed by atoms with Crippen LogP contribution < -0.4 is 4.74 Å². The summed E-state index contributed by atoms with van der Waals surface area (Å²) in [6, 6.07) is 6.29. The van der Waals surface area contributed by atoms with Crippen molar-refractivity contribution in [2.24, 2.45) is 0 Å². The molecule has 1 aromatic heterocycles. The van der Waals surface area contributed by atoms with Crippen molar-refractivity contribution in [1.29, 1.82) is 0 Å². The van der Waals surface area contributed by atoms with Crippen LogP contribution in [0.1, 0.15) is 45.3 Å². The number of hydrogen-bond donors (Lipinski definition) is 2. The van der Waals surface area contributed by atoms with Crippen LogP contribution in [-0.2, 0) is 19.1 Å². The lowest BCUT2D eigenvalue weighted by molar-refractivity contribution is -0.140. The zero-order valence-corrected chi connectivity index (χ0v) is 22.6. The number of aryl methyl sites for hydroxylation is 1. The number of esters is 1. The monoisotopic (exact) mass is 537 g/mol. The van der Waals surface area contributed by atoms with E-state index in [2.05, 4.69) is 16.5 Å². The first kappa shape index (κ1) is 28.1. The quantitative estimate of drug-likeness (QED) is 0.156. The number of aromatic nitrogens is 1. The zero-order chi connectivity index (χ0) is 28.1. The number of methoxy groups -OCH3 is 1. The Bertz CT molecular complexity index is 1290. The normalized spacial score (nSPS) is 19.4. The number of ketones is 1. The van der Waals surface area contributed by atoms with Crippen LogP contribution in [-0.4, -0.2) is 90.7 Å². The van der Waals surface area contributed by atoms with Crippen molar-refractivity contribution in [1.82, 2.24) is 14.8 Å². The molecule has 2 aliphatic heterocycles. The maximum Gasteiger partial charge on any atom is 0.354 e. The number of nitrogens with one attached hydrogen (secondary N) is 1. The van der Waals surface area contributed by atoms with Gasteiger partial charge in [-0.2, -0.15) is 0 Å². The molecule has 0 radical (unpaired) electrons. The van der Waals surface area contributed by atoms with Gasteiger partial charge in [0.1, 0.15) is 23.8 Å². The lowest BCUT2D eigenvalue weighted by atomic mass is 9.94. The van der Waals surface area contributed by atoms with E-state index in [1.807, 2.05) is 0 Å². The molecule has 1 unspecified atom stereocenters. The highest BCUT2D eigenvalue weighted by Gasteiger charge is 2.46. The van der Waals surface area contributed by atoms with Crippen LogP contribution >= 0.6 is 0 Å². The van der Waals surface area contributed by atoms with Crippen molar-refractivity contribution >= 4 is 23.4 Å². The van der Waals surface area contributed by atoms with Gasteiger partial charge < -0.3 is 29.2 Å². The number of hydrogen-bond acceptors (Lipinski definition) is 8. The van der Waals surface area contributed by atoms with Gasteiger partial charge in [-0.25, -0.2) is 4.79 Å². The number of ether oxygens (including phenoxy) is 3. The summed E-state index contributed by atoms with van der Waals surface area (Å²) in [6.07, 6.45) is 2.27. The fraction of sp³-hybridized carbons (Fsp3) is 0.414. The number of likely N-dealkylation sites (tertiary alicyclic amines) is 1. The van der Waals surface area contributed by atoms with E-state index in [0.29, 0.717) is 60.9 Å². The summed E-state index contributed by atoms with van der Waals surface area (Å²) in [4.78, 5) is 45.8. The van der Waals surface area contributed by atoms with Crippen LogP contribution in [0.4, 0.5) is 0 Å². The van der Waals surface area contributed by atoms with E-state index in [0.717, 1.165) is 19.6 Å². The largest absolute Gasteiger partial charge is 0.507 e. The zero-order valence-electron chi connectivity index (χ0n) is 22.6. The highest BCUT2D eigenvalue weighted by atomic mass is 16.5. The van der Waals surface area contributed by atoms with E-state index in [1.165, 1.54) is 12.0 Å². The number of Topliss-reactive ketones (excluding diaryl/α,β-unsaturated/α-hetero) is 1. The summed E-state index contributed by atoms with van der Waals surface area (Å²) in [6.45, 7) is 11.4. The average Bonchev–Trinajstić information content (AvgIpc) is 3.39. The number of carbonyl (C=O) groups excluding carboxylic acids is 3. The Balaban J connectivity index is 1.76. The van der Waals surface area contributed by atoms with Gasteiger partial charge in [0.2, 0.25) is 0 Å². The summed E-state index contributed by atoms with van der Waals surface area (Å²) in [5, 5.41) is 11.6. The topological polar surface area (TPSA) is 121 Å². The van der Waals surface area contributed by atoms with Gasteiger partial charge in [-0.15, -0.1) is 0 Å². The SMILES string of the molecule is C=CCOc1cccc(C2C(=C(O)c3c(C)[nH]c(C(=O)OC)c3C)C(=O)C(=O)N2CCCN2CCOCC2)c1. The number of aromatic amines is 1. The highest BCUT2D eigenvalue weighted by molar-refractivity contribution is 6.46. The van der Waals surface area contributed by atoms with Gasteiger partial charge in [-0.05, 0) is 43.5 Å². The molecular weight excluding hydrogens is 502 g/mol. The highest BCUT2D eigenvalue weighted by Crippen LogP contribution is 2.41. The molecule has 0 bridgehead atoms. The third-order valence-corrected chi connectivity index (χ3v) is 7.12. The molecule has 4 rings (SSSR count). The molecule has 10 nitrogen and oxygen atoms in total. The minimum absolute atomic E-state index is 0.0335. The molecule has 3 heterocycles. The molecule has 10 heteroatoms. The molecule has 208 valence electrons. The van der Waals surface area contributed by atoms with E-state index in [1.54, 1.807) is 44.2 Å². The predicted molar refractivity (Wildman–Crippen MR) is 145 cm³/mol. The lowest BCUT2D eigenvalue weighted by Gasteiger charge is -2.29. The van der Waals surface area contributed by atoms with E-state index < -0.39 is 23.7 Å². The molecule has 2 fully saturated rings. The molecule has 1 atom stereocenters. The Morgan fingerprint density at radius 1 is 1.23 bits per heavy atom. The Morgan fingerprint density at radius 3 is 2.67 bits per heavy atom. The van der Waals surface area contributed by atoms with Crippen LogP contribution in [0.15, 0.2) is 42.5 Å². The summed E-state index contributed by atoms with van der Waals surface area (Å²) in [5.41, 5.74) is 1.97. The van der Waals surface area contributed by atoms with Crippen LogP contribution in [0.2, 0.25) is 0 Å². The summed E-state index contributed by atoms with van der Waals surface area (Å²) in [5.74, 6) is -1.84. The molecule has 2 aliphatic rings. The first-order valence-electron chi connectivity index (χ1n) is 13.0. The molecule has 1 aromatic carbocycles. The second kappa shape index (κ2) is 12.3. The number of nitrogens with zero attached hydrogens (tertiary/aromatic N) is 2. The molecule has 2 saturated heterocycles. The Morgan fingerprint density at radius 2 is 1.97 bits per heavy atom. The number of carbonyl (C=O) groups is 3. The fourth-order valence-corrected chi connectivity index (χ4v) is 5.22. The van der Waals surface area contributed by atoms with Gasteiger partial charge in [0, 0.05) is 37.4 Å². The van der Waals surface area contributed by atoms with E-state index in [4.69, 9.17) is 14.2 Å². The molecule has 0 spiro atoms. The van der Waals surface area contributed by atoms with Crippen LogP contribution in [0, 0.1) is 13.8 Å². The smallest absolute Gasteiger partial charge is 0.354 e. The molecule has 0 saturated carbocycles. The number of morpholine rings is 1. The van der Waals surface area contributed by atoms with Crippen LogP contribution in [0.25, 0.3) is 5.76 Å². The maximum absolute atomic E-state index is 13.5. The average molecular weight is 538 g/mol. The molecule has 0 aliphatic carbocycles. The van der Waals surface area contributed by atoms with Crippen LogP contribution in [0.3, 0.4) is 0 Å². The third kappa shape index (κ3) is 5.76. The Labute approximate surface area is 227 Å². The molecule has 2 N–H and O–H groups in total. The van der Waals surface area contributed by atoms with Crippen LogP contribution in [0.5, 0.6) is 5.75 Å². The van der Waals surface area contributed by atoms with E-state index in [9.17, 15) is 19.5 Å². The Kier molecular flexibility index (Phi) is 8.88.